The molecule has 6 nitrogen and oxygen atoms in total. The second-order valence-corrected chi connectivity index (χ2v) is 8.41. The summed E-state index contributed by atoms with van der Waals surface area (Å²) in [7, 11) is 0. The molecular formula is C18H26F2O6. The van der Waals surface area contributed by atoms with Gasteiger partial charge in [0.1, 0.15) is 6.61 Å². The van der Waals surface area contributed by atoms with Gasteiger partial charge in [-0.15, -0.1) is 0 Å². The van der Waals surface area contributed by atoms with Crippen molar-refractivity contribution >= 4 is 11.9 Å². The Morgan fingerprint density at radius 2 is 1.81 bits per heavy atom. The van der Waals surface area contributed by atoms with E-state index in [-0.39, 0.29) is 18.4 Å². The quantitative estimate of drug-likeness (QED) is 0.687. The number of carbonyl (C=O) groups is 2. The van der Waals surface area contributed by atoms with Crippen LogP contribution < -0.4 is 0 Å². The van der Waals surface area contributed by atoms with E-state index in [4.69, 9.17) is 9.47 Å². The second kappa shape index (κ2) is 6.71. The molecule has 4 rings (SSSR count). The van der Waals surface area contributed by atoms with E-state index in [1.54, 1.807) is 0 Å². The van der Waals surface area contributed by atoms with Crippen molar-refractivity contribution in [2.24, 2.45) is 17.3 Å². The molecule has 4 bridgehead atoms. The molecule has 3 atom stereocenters. The first-order valence-electron chi connectivity index (χ1n) is 9.07. The highest BCUT2D eigenvalue weighted by Crippen LogP contribution is 2.62. The van der Waals surface area contributed by atoms with Crippen molar-refractivity contribution in [1.29, 1.82) is 0 Å². The van der Waals surface area contributed by atoms with Crippen LogP contribution in [0.5, 0.6) is 0 Å². The van der Waals surface area contributed by atoms with Crippen molar-refractivity contribution in [2.45, 2.75) is 70.2 Å². The lowest BCUT2D eigenvalue weighted by Crippen LogP contribution is -2.59. The zero-order valence-electron chi connectivity index (χ0n) is 15.1. The SMILES string of the molecule is CC(=O)OCC(COC(C)(F)F)OC(=O)C12CC3CC(CC(O)(C3)C1)C2. The van der Waals surface area contributed by atoms with Gasteiger partial charge in [0.2, 0.25) is 0 Å². The molecule has 26 heavy (non-hydrogen) atoms. The Bertz CT molecular complexity index is 559. The van der Waals surface area contributed by atoms with Crippen molar-refractivity contribution in [3.63, 3.8) is 0 Å². The van der Waals surface area contributed by atoms with Gasteiger partial charge in [0.05, 0.1) is 17.6 Å². The minimum absolute atomic E-state index is 0.289. The van der Waals surface area contributed by atoms with E-state index in [2.05, 4.69) is 4.74 Å². The smallest absolute Gasteiger partial charge is 0.353 e. The van der Waals surface area contributed by atoms with Crippen LogP contribution in [-0.4, -0.2) is 48.1 Å². The molecule has 0 amide bonds. The molecule has 0 spiro atoms. The predicted molar refractivity (Wildman–Crippen MR) is 85.2 cm³/mol. The van der Waals surface area contributed by atoms with Crippen molar-refractivity contribution in [3.8, 4) is 0 Å². The number of carbonyl (C=O) groups excluding carboxylic acids is 2. The number of alkyl halides is 2. The van der Waals surface area contributed by atoms with Crippen molar-refractivity contribution in [2.75, 3.05) is 13.2 Å². The van der Waals surface area contributed by atoms with Gasteiger partial charge < -0.3 is 19.3 Å². The molecule has 1 N–H and O–H groups in total. The highest BCUT2D eigenvalue weighted by molar-refractivity contribution is 5.78. The largest absolute Gasteiger partial charge is 0.462 e. The average Bonchev–Trinajstić information content (AvgIpc) is 2.46. The summed E-state index contributed by atoms with van der Waals surface area (Å²) in [5, 5.41) is 10.7. The van der Waals surface area contributed by atoms with Gasteiger partial charge in [-0.3, -0.25) is 9.59 Å². The molecule has 0 saturated heterocycles. The lowest BCUT2D eigenvalue weighted by Gasteiger charge is -2.58. The maximum absolute atomic E-state index is 13.0. The molecule has 4 fully saturated rings. The number of esters is 2. The van der Waals surface area contributed by atoms with E-state index < -0.39 is 41.8 Å². The molecular weight excluding hydrogens is 350 g/mol. The molecule has 4 aliphatic carbocycles. The molecule has 0 aromatic rings. The van der Waals surface area contributed by atoms with E-state index in [0.717, 1.165) is 6.42 Å². The van der Waals surface area contributed by atoms with Crippen molar-refractivity contribution in [1.82, 2.24) is 0 Å². The third-order valence-corrected chi connectivity index (χ3v) is 5.73. The first-order valence-corrected chi connectivity index (χ1v) is 9.07. The molecule has 148 valence electrons. The van der Waals surface area contributed by atoms with Gasteiger partial charge in [0, 0.05) is 13.8 Å². The summed E-state index contributed by atoms with van der Waals surface area (Å²) in [6, 6.07) is 0. The summed E-state index contributed by atoms with van der Waals surface area (Å²) in [6.45, 7) is 0.856. The fourth-order valence-electron chi connectivity index (χ4n) is 5.30. The average molecular weight is 376 g/mol. The summed E-state index contributed by atoms with van der Waals surface area (Å²) in [5.41, 5.74) is -1.61. The fourth-order valence-corrected chi connectivity index (χ4v) is 5.30. The molecule has 0 aromatic carbocycles. The van der Waals surface area contributed by atoms with E-state index in [1.165, 1.54) is 6.92 Å². The Kier molecular flexibility index (Phi) is 5.03. The van der Waals surface area contributed by atoms with Gasteiger partial charge in [-0.2, -0.15) is 8.78 Å². The van der Waals surface area contributed by atoms with Crippen molar-refractivity contribution < 1.29 is 37.7 Å². The van der Waals surface area contributed by atoms with Crippen LogP contribution in [0.25, 0.3) is 0 Å². The van der Waals surface area contributed by atoms with Crippen LogP contribution in [0.2, 0.25) is 0 Å². The van der Waals surface area contributed by atoms with E-state index in [9.17, 15) is 23.5 Å². The zero-order valence-corrected chi connectivity index (χ0v) is 15.1. The minimum Gasteiger partial charge on any atom is -0.462 e. The Morgan fingerprint density at radius 3 is 2.31 bits per heavy atom. The molecule has 4 aliphatic rings. The monoisotopic (exact) mass is 376 g/mol. The molecule has 8 heteroatoms. The van der Waals surface area contributed by atoms with Crippen LogP contribution in [-0.2, 0) is 23.8 Å². The summed E-state index contributed by atoms with van der Waals surface area (Å²) in [4.78, 5) is 23.9. The first kappa shape index (κ1) is 19.5. The van der Waals surface area contributed by atoms with Gasteiger partial charge in [-0.1, -0.05) is 0 Å². The third-order valence-electron chi connectivity index (χ3n) is 5.73. The number of hydrogen-bond donors (Lipinski definition) is 1. The summed E-state index contributed by atoms with van der Waals surface area (Å²) < 4.78 is 40.6. The predicted octanol–water partition coefficient (Wildman–Crippen LogP) is 2.42. The highest BCUT2D eigenvalue weighted by atomic mass is 19.3. The third kappa shape index (κ3) is 4.34. The maximum Gasteiger partial charge on any atom is 0.353 e. The lowest BCUT2D eigenvalue weighted by molar-refractivity contribution is -0.244. The number of rotatable bonds is 7. The number of aliphatic hydroxyl groups is 1. The number of hydrogen-bond acceptors (Lipinski definition) is 6. The van der Waals surface area contributed by atoms with Crippen LogP contribution in [0.1, 0.15) is 52.4 Å². The molecule has 0 radical (unpaired) electrons. The maximum atomic E-state index is 13.0. The zero-order chi connectivity index (χ0) is 19.2. The topological polar surface area (TPSA) is 82.1 Å². The van der Waals surface area contributed by atoms with Crippen LogP contribution in [0.15, 0.2) is 0 Å². The normalized spacial score (nSPS) is 36.7. The lowest BCUT2D eigenvalue weighted by atomic mass is 9.48. The van der Waals surface area contributed by atoms with Gasteiger partial charge >= 0.3 is 18.0 Å². The Labute approximate surface area is 151 Å². The number of halogens is 2. The van der Waals surface area contributed by atoms with E-state index in [1.807, 2.05) is 0 Å². The van der Waals surface area contributed by atoms with Gasteiger partial charge in [-0.25, -0.2) is 0 Å². The molecule has 0 heterocycles. The summed E-state index contributed by atoms with van der Waals surface area (Å²) >= 11 is 0. The van der Waals surface area contributed by atoms with Crippen LogP contribution in [0, 0.1) is 17.3 Å². The Balaban J connectivity index is 1.67. The van der Waals surface area contributed by atoms with Crippen LogP contribution in [0.3, 0.4) is 0 Å². The summed E-state index contributed by atoms with van der Waals surface area (Å²) in [6.07, 6.45) is -0.417. The Hall–Kier alpha value is -1.28. The molecule has 3 unspecified atom stereocenters. The van der Waals surface area contributed by atoms with Gasteiger partial charge in [0.25, 0.3) is 0 Å². The van der Waals surface area contributed by atoms with Crippen LogP contribution in [0.4, 0.5) is 8.78 Å². The molecule has 0 aromatic heterocycles. The first-order chi connectivity index (χ1) is 12.0. The minimum atomic E-state index is -3.38. The fraction of sp³-hybridized carbons (Fsp3) is 0.889. The van der Waals surface area contributed by atoms with E-state index >= 15 is 0 Å². The van der Waals surface area contributed by atoms with E-state index in [0.29, 0.717) is 39.0 Å². The van der Waals surface area contributed by atoms with Gasteiger partial charge in [-0.05, 0) is 50.4 Å². The Morgan fingerprint density at radius 1 is 1.19 bits per heavy atom. The summed E-state index contributed by atoms with van der Waals surface area (Å²) in [5.74, 6) is -0.530. The molecule has 0 aliphatic heterocycles. The second-order valence-electron chi connectivity index (χ2n) is 8.41. The molecule has 4 saturated carbocycles. The standard InChI is InChI=1S/C18H26F2O6/c1-11(21)24-8-14(9-25-16(2,19)20)26-15(22)17-4-12-3-13(5-17)7-18(23,6-12)10-17/h12-14,23H,3-10H2,1-2H3. The van der Waals surface area contributed by atoms with Crippen molar-refractivity contribution in [3.05, 3.63) is 0 Å². The highest BCUT2D eigenvalue weighted by Gasteiger charge is 2.61. The number of ether oxygens (including phenoxy) is 3. The van der Waals surface area contributed by atoms with Gasteiger partial charge in [0.15, 0.2) is 6.10 Å². The van der Waals surface area contributed by atoms with Crippen LogP contribution >= 0.6 is 0 Å².